The van der Waals surface area contributed by atoms with Crippen molar-refractivity contribution in [3.8, 4) is 0 Å². The molecule has 1 aromatic heterocycles. The molecule has 1 amide bonds. The number of hydrogen-bond donors (Lipinski definition) is 2. The van der Waals surface area contributed by atoms with Gasteiger partial charge in [0.05, 0.1) is 23.5 Å². The third-order valence-corrected chi connectivity index (χ3v) is 6.71. The molecule has 23 heavy (non-hydrogen) atoms. The standard InChI is InChI=1S/C15H22N4O3S/c20-15(18-10-12-5-1-2-6-16-12)14-9-13(11-17-14)23(21,22)19-7-3-4-8-19/h1-2,5-6,13-14,17H,3-4,7-11H2,(H,18,20). The zero-order valence-electron chi connectivity index (χ0n) is 12.9. The largest absolute Gasteiger partial charge is 0.349 e. The number of carbonyl (C=O) groups excluding carboxylic acids is 1. The highest BCUT2D eigenvalue weighted by molar-refractivity contribution is 7.89. The molecule has 8 heteroatoms. The van der Waals surface area contributed by atoms with E-state index in [4.69, 9.17) is 0 Å². The summed E-state index contributed by atoms with van der Waals surface area (Å²) in [5.74, 6) is -0.172. The van der Waals surface area contributed by atoms with Crippen LogP contribution in [0.15, 0.2) is 24.4 Å². The molecule has 0 saturated carbocycles. The zero-order valence-corrected chi connectivity index (χ0v) is 13.8. The highest BCUT2D eigenvalue weighted by Crippen LogP contribution is 2.22. The molecule has 0 spiro atoms. The summed E-state index contributed by atoms with van der Waals surface area (Å²) in [5.41, 5.74) is 0.778. The van der Waals surface area contributed by atoms with Crippen molar-refractivity contribution in [3.63, 3.8) is 0 Å². The molecule has 2 unspecified atom stereocenters. The summed E-state index contributed by atoms with van der Waals surface area (Å²) in [6.45, 7) is 1.90. The topological polar surface area (TPSA) is 91.4 Å². The van der Waals surface area contributed by atoms with E-state index in [2.05, 4.69) is 15.6 Å². The van der Waals surface area contributed by atoms with E-state index in [-0.39, 0.29) is 5.91 Å². The molecule has 7 nitrogen and oxygen atoms in total. The molecule has 126 valence electrons. The summed E-state index contributed by atoms with van der Waals surface area (Å²) in [4.78, 5) is 16.3. The smallest absolute Gasteiger partial charge is 0.237 e. The molecule has 2 saturated heterocycles. The summed E-state index contributed by atoms with van der Waals surface area (Å²) < 4.78 is 26.6. The van der Waals surface area contributed by atoms with Crippen LogP contribution >= 0.6 is 0 Å². The van der Waals surface area contributed by atoms with E-state index in [0.717, 1.165) is 18.5 Å². The number of pyridine rings is 1. The quantitative estimate of drug-likeness (QED) is 0.779. The van der Waals surface area contributed by atoms with E-state index >= 15 is 0 Å². The van der Waals surface area contributed by atoms with E-state index in [0.29, 0.717) is 32.6 Å². The SMILES string of the molecule is O=C(NCc1ccccn1)C1CC(S(=O)(=O)N2CCCC2)CN1. The minimum atomic E-state index is -3.29. The third kappa shape index (κ3) is 3.70. The van der Waals surface area contributed by atoms with Gasteiger partial charge in [-0.2, -0.15) is 0 Å². The lowest BCUT2D eigenvalue weighted by molar-refractivity contribution is -0.122. The molecule has 0 radical (unpaired) electrons. The lowest BCUT2D eigenvalue weighted by atomic mass is 10.2. The normalized spacial score (nSPS) is 25.6. The number of amides is 1. The first-order valence-electron chi connectivity index (χ1n) is 7.97. The molecular weight excluding hydrogens is 316 g/mol. The number of rotatable bonds is 5. The van der Waals surface area contributed by atoms with E-state index in [9.17, 15) is 13.2 Å². The molecular formula is C15H22N4O3S. The van der Waals surface area contributed by atoms with Gasteiger partial charge in [0.2, 0.25) is 15.9 Å². The second-order valence-corrected chi connectivity index (χ2v) is 8.22. The Morgan fingerprint density at radius 1 is 1.35 bits per heavy atom. The first-order chi connectivity index (χ1) is 11.1. The summed E-state index contributed by atoms with van der Waals surface area (Å²) in [6, 6.07) is 5.06. The number of hydrogen-bond acceptors (Lipinski definition) is 5. The van der Waals surface area contributed by atoms with Crippen LogP contribution in [0, 0.1) is 0 Å². The van der Waals surface area contributed by atoms with Crippen LogP contribution in [-0.2, 0) is 21.4 Å². The van der Waals surface area contributed by atoms with Crippen LogP contribution in [0.5, 0.6) is 0 Å². The maximum Gasteiger partial charge on any atom is 0.237 e. The maximum absolute atomic E-state index is 12.5. The second-order valence-electron chi connectivity index (χ2n) is 6.01. The van der Waals surface area contributed by atoms with Crippen molar-refractivity contribution in [1.82, 2.24) is 19.9 Å². The van der Waals surface area contributed by atoms with Crippen LogP contribution in [0.2, 0.25) is 0 Å². The van der Waals surface area contributed by atoms with Crippen LogP contribution < -0.4 is 10.6 Å². The third-order valence-electron chi connectivity index (χ3n) is 4.42. The van der Waals surface area contributed by atoms with Gasteiger partial charge in [-0.05, 0) is 31.4 Å². The van der Waals surface area contributed by atoms with Crippen LogP contribution in [0.25, 0.3) is 0 Å². The van der Waals surface area contributed by atoms with Crippen LogP contribution in [0.3, 0.4) is 0 Å². The molecule has 0 aliphatic carbocycles. The zero-order chi connectivity index (χ0) is 16.3. The first kappa shape index (κ1) is 16.4. The highest BCUT2D eigenvalue weighted by atomic mass is 32.2. The van der Waals surface area contributed by atoms with Crippen LogP contribution in [-0.4, -0.2) is 54.5 Å². The summed E-state index contributed by atoms with van der Waals surface area (Å²) in [6.07, 6.45) is 3.85. The van der Waals surface area contributed by atoms with Gasteiger partial charge in [-0.3, -0.25) is 9.78 Å². The average Bonchev–Trinajstić information content (AvgIpc) is 3.25. The molecule has 0 aromatic carbocycles. The van der Waals surface area contributed by atoms with Crippen molar-refractivity contribution in [2.45, 2.75) is 37.1 Å². The minimum absolute atomic E-state index is 0.172. The fourth-order valence-electron chi connectivity index (χ4n) is 3.09. The van der Waals surface area contributed by atoms with E-state index < -0.39 is 21.3 Å². The lowest BCUT2D eigenvalue weighted by Gasteiger charge is -2.20. The number of carbonyl (C=O) groups is 1. The Kier molecular flexibility index (Phi) is 4.93. The Balaban J connectivity index is 1.53. The Labute approximate surface area is 136 Å². The fourth-order valence-corrected chi connectivity index (χ4v) is 5.02. The van der Waals surface area contributed by atoms with Crippen molar-refractivity contribution >= 4 is 15.9 Å². The van der Waals surface area contributed by atoms with Gasteiger partial charge in [0.25, 0.3) is 0 Å². The number of nitrogens with one attached hydrogen (secondary N) is 2. The van der Waals surface area contributed by atoms with Gasteiger partial charge in [-0.15, -0.1) is 0 Å². The molecule has 3 rings (SSSR count). The lowest BCUT2D eigenvalue weighted by Crippen LogP contribution is -2.40. The Morgan fingerprint density at radius 3 is 2.83 bits per heavy atom. The van der Waals surface area contributed by atoms with Crippen molar-refractivity contribution < 1.29 is 13.2 Å². The van der Waals surface area contributed by atoms with Gasteiger partial charge in [0.15, 0.2) is 0 Å². The second kappa shape index (κ2) is 6.94. The van der Waals surface area contributed by atoms with Gasteiger partial charge < -0.3 is 10.6 Å². The minimum Gasteiger partial charge on any atom is -0.349 e. The average molecular weight is 338 g/mol. The monoisotopic (exact) mass is 338 g/mol. The Morgan fingerprint density at radius 2 is 2.13 bits per heavy atom. The summed E-state index contributed by atoms with van der Waals surface area (Å²) in [5, 5.41) is 5.34. The van der Waals surface area contributed by atoms with Crippen molar-refractivity contribution in [2.75, 3.05) is 19.6 Å². The van der Waals surface area contributed by atoms with Crippen molar-refractivity contribution in [2.24, 2.45) is 0 Å². The van der Waals surface area contributed by atoms with Gasteiger partial charge in [-0.1, -0.05) is 6.07 Å². The number of aromatic nitrogens is 1. The summed E-state index contributed by atoms with van der Waals surface area (Å²) >= 11 is 0. The molecule has 0 bridgehead atoms. The fraction of sp³-hybridized carbons (Fsp3) is 0.600. The molecule has 2 atom stereocenters. The van der Waals surface area contributed by atoms with Crippen molar-refractivity contribution in [1.29, 1.82) is 0 Å². The van der Waals surface area contributed by atoms with Gasteiger partial charge in [0, 0.05) is 25.8 Å². The van der Waals surface area contributed by atoms with Crippen LogP contribution in [0.4, 0.5) is 0 Å². The first-order valence-corrected chi connectivity index (χ1v) is 9.47. The molecule has 2 aliphatic rings. The Hall–Kier alpha value is -1.51. The maximum atomic E-state index is 12.5. The molecule has 1 aromatic rings. The molecule has 2 N–H and O–H groups in total. The Bertz CT molecular complexity index is 644. The predicted octanol–water partition coefficient (Wildman–Crippen LogP) is -0.146. The van der Waals surface area contributed by atoms with Gasteiger partial charge in [-0.25, -0.2) is 12.7 Å². The van der Waals surface area contributed by atoms with E-state index in [1.807, 2.05) is 18.2 Å². The van der Waals surface area contributed by atoms with Gasteiger partial charge >= 0.3 is 0 Å². The molecule has 2 fully saturated rings. The summed E-state index contributed by atoms with van der Waals surface area (Å²) in [7, 11) is -3.29. The molecule has 2 aliphatic heterocycles. The number of sulfonamides is 1. The van der Waals surface area contributed by atoms with E-state index in [1.165, 1.54) is 0 Å². The van der Waals surface area contributed by atoms with Crippen LogP contribution in [0.1, 0.15) is 25.0 Å². The highest BCUT2D eigenvalue weighted by Gasteiger charge is 2.40. The molecule has 3 heterocycles. The predicted molar refractivity (Wildman–Crippen MR) is 86.0 cm³/mol. The van der Waals surface area contributed by atoms with Crippen molar-refractivity contribution in [3.05, 3.63) is 30.1 Å². The number of nitrogens with zero attached hydrogens (tertiary/aromatic N) is 2. The van der Waals surface area contributed by atoms with Gasteiger partial charge in [0.1, 0.15) is 0 Å². The van der Waals surface area contributed by atoms with E-state index in [1.54, 1.807) is 10.5 Å².